The first-order valence-corrected chi connectivity index (χ1v) is 6.02. The molecule has 1 aliphatic heterocycles. The third-order valence-corrected chi connectivity index (χ3v) is 3.10. The summed E-state index contributed by atoms with van der Waals surface area (Å²) >= 11 is 0. The second-order valence-corrected chi connectivity index (χ2v) is 4.41. The molecule has 17 heavy (non-hydrogen) atoms. The van der Waals surface area contributed by atoms with E-state index in [2.05, 4.69) is 12.2 Å². The minimum absolute atomic E-state index is 0.0675. The van der Waals surface area contributed by atoms with Crippen LogP contribution in [0.15, 0.2) is 12.1 Å². The Hall–Kier alpha value is -1.26. The van der Waals surface area contributed by atoms with E-state index in [-0.39, 0.29) is 6.04 Å². The van der Waals surface area contributed by atoms with Gasteiger partial charge in [0.05, 0.1) is 0 Å². The molecule has 0 amide bonds. The highest BCUT2D eigenvalue weighted by molar-refractivity contribution is 5.49. The first-order chi connectivity index (χ1) is 8.22. The van der Waals surface area contributed by atoms with E-state index >= 15 is 0 Å². The van der Waals surface area contributed by atoms with Gasteiger partial charge in [-0.25, -0.2) is 0 Å². The summed E-state index contributed by atoms with van der Waals surface area (Å²) in [6, 6.07) is 4.09. The lowest BCUT2D eigenvalue weighted by Gasteiger charge is -2.15. The number of ether oxygens (including phenoxy) is 2. The van der Waals surface area contributed by atoms with Gasteiger partial charge in [0.15, 0.2) is 11.5 Å². The fourth-order valence-corrected chi connectivity index (χ4v) is 2.11. The van der Waals surface area contributed by atoms with Gasteiger partial charge in [0.2, 0.25) is 6.79 Å². The highest BCUT2D eigenvalue weighted by atomic mass is 16.7. The van der Waals surface area contributed by atoms with E-state index in [1.807, 2.05) is 19.2 Å². The molecule has 1 aromatic carbocycles. The van der Waals surface area contributed by atoms with Crippen LogP contribution < -0.4 is 20.5 Å². The molecule has 0 fully saturated rings. The lowest BCUT2D eigenvalue weighted by Crippen LogP contribution is -2.15. The second kappa shape index (κ2) is 5.38. The Kier molecular flexibility index (Phi) is 3.86. The molecular weight excluding hydrogens is 216 g/mol. The number of hydrogen-bond acceptors (Lipinski definition) is 4. The second-order valence-electron chi connectivity index (χ2n) is 4.41. The summed E-state index contributed by atoms with van der Waals surface area (Å²) in [5, 5.41) is 3.13. The van der Waals surface area contributed by atoms with E-state index in [4.69, 9.17) is 15.2 Å². The summed E-state index contributed by atoms with van der Waals surface area (Å²) in [5.41, 5.74) is 8.54. The van der Waals surface area contributed by atoms with Crippen LogP contribution in [-0.4, -0.2) is 20.4 Å². The Morgan fingerprint density at radius 2 is 2.06 bits per heavy atom. The van der Waals surface area contributed by atoms with E-state index < -0.39 is 0 Å². The van der Waals surface area contributed by atoms with Gasteiger partial charge in [-0.2, -0.15) is 0 Å². The summed E-state index contributed by atoms with van der Waals surface area (Å²) in [6.45, 7) is 3.37. The van der Waals surface area contributed by atoms with Gasteiger partial charge in [0.25, 0.3) is 0 Å². The maximum atomic E-state index is 6.21. The average molecular weight is 236 g/mol. The monoisotopic (exact) mass is 236 g/mol. The topological polar surface area (TPSA) is 56.5 Å². The van der Waals surface area contributed by atoms with Gasteiger partial charge in [0, 0.05) is 6.04 Å². The maximum Gasteiger partial charge on any atom is 0.231 e. The quantitative estimate of drug-likeness (QED) is 0.764. The molecule has 1 heterocycles. The van der Waals surface area contributed by atoms with Crippen LogP contribution in [0.3, 0.4) is 0 Å². The molecule has 3 N–H and O–H groups in total. The molecule has 0 radical (unpaired) electrons. The van der Waals surface area contributed by atoms with Crippen molar-refractivity contribution in [3.8, 4) is 11.5 Å². The van der Waals surface area contributed by atoms with Crippen molar-refractivity contribution in [3.63, 3.8) is 0 Å². The molecule has 1 aromatic rings. The molecule has 0 spiro atoms. The van der Waals surface area contributed by atoms with E-state index in [0.717, 1.165) is 36.4 Å². The van der Waals surface area contributed by atoms with Crippen molar-refractivity contribution in [2.24, 2.45) is 5.73 Å². The summed E-state index contributed by atoms with van der Waals surface area (Å²) < 4.78 is 10.7. The minimum atomic E-state index is 0.0675. The van der Waals surface area contributed by atoms with Crippen molar-refractivity contribution in [1.29, 1.82) is 0 Å². The summed E-state index contributed by atoms with van der Waals surface area (Å²) in [4.78, 5) is 0. The van der Waals surface area contributed by atoms with Crippen molar-refractivity contribution >= 4 is 0 Å². The van der Waals surface area contributed by atoms with Gasteiger partial charge >= 0.3 is 0 Å². The van der Waals surface area contributed by atoms with Gasteiger partial charge in [-0.15, -0.1) is 0 Å². The molecule has 2 rings (SSSR count). The summed E-state index contributed by atoms with van der Waals surface area (Å²) in [7, 11) is 1.96. The van der Waals surface area contributed by atoms with Crippen molar-refractivity contribution in [2.75, 3.05) is 20.4 Å². The Labute approximate surface area is 102 Å². The van der Waals surface area contributed by atoms with Crippen LogP contribution in [0.4, 0.5) is 0 Å². The standard InChI is InChI=1S/C13H20N2O2/c1-9-6-12-13(17-8-16-12)7-10(9)11(14)4-3-5-15-2/h6-7,11,15H,3-5,8,14H2,1-2H3. The molecule has 0 bridgehead atoms. The van der Waals surface area contributed by atoms with E-state index in [9.17, 15) is 0 Å². The third-order valence-electron chi connectivity index (χ3n) is 3.10. The molecule has 1 atom stereocenters. The minimum Gasteiger partial charge on any atom is -0.454 e. The predicted octanol–water partition coefficient (Wildman–Crippen LogP) is 1.72. The molecule has 0 aromatic heterocycles. The molecule has 1 aliphatic rings. The van der Waals surface area contributed by atoms with Crippen LogP contribution in [0.5, 0.6) is 11.5 Å². The summed E-state index contributed by atoms with van der Waals surface area (Å²) in [5.74, 6) is 1.64. The smallest absolute Gasteiger partial charge is 0.231 e. The van der Waals surface area contributed by atoms with Crippen molar-refractivity contribution in [3.05, 3.63) is 23.3 Å². The Bertz CT molecular complexity index is 393. The Morgan fingerprint density at radius 1 is 1.35 bits per heavy atom. The van der Waals surface area contributed by atoms with E-state index in [0.29, 0.717) is 6.79 Å². The van der Waals surface area contributed by atoms with Gasteiger partial charge < -0.3 is 20.5 Å². The third kappa shape index (κ3) is 2.70. The lowest BCUT2D eigenvalue weighted by molar-refractivity contribution is 0.174. The first kappa shape index (κ1) is 12.2. The van der Waals surface area contributed by atoms with Crippen LogP contribution in [0.2, 0.25) is 0 Å². The molecule has 94 valence electrons. The number of hydrogen-bond donors (Lipinski definition) is 2. The van der Waals surface area contributed by atoms with Crippen LogP contribution in [0.25, 0.3) is 0 Å². The molecule has 1 unspecified atom stereocenters. The van der Waals surface area contributed by atoms with Crippen LogP contribution >= 0.6 is 0 Å². The fraction of sp³-hybridized carbons (Fsp3) is 0.538. The zero-order valence-electron chi connectivity index (χ0n) is 10.5. The molecular formula is C13H20N2O2. The van der Waals surface area contributed by atoms with E-state index in [1.165, 1.54) is 5.56 Å². The zero-order valence-corrected chi connectivity index (χ0v) is 10.5. The molecule has 4 nitrogen and oxygen atoms in total. The van der Waals surface area contributed by atoms with Gasteiger partial charge in [-0.1, -0.05) is 0 Å². The molecule has 4 heteroatoms. The van der Waals surface area contributed by atoms with E-state index in [1.54, 1.807) is 0 Å². The number of aryl methyl sites for hydroxylation is 1. The van der Waals surface area contributed by atoms with Crippen molar-refractivity contribution in [1.82, 2.24) is 5.32 Å². The average Bonchev–Trinajstić information content (AvgIpc) is 2.75. The number of benzene rings is 1. The van der Waals surface area contributed by atoms with Gasteiger partial charge in [0.1, 0.15) is 0 Å². The zero-order chi connectivity index (χ0) is 12.3. The highest BCUT2D eigenvalue weighted by Crippen LogP contribution is 2.36. The predicted molar refractivity (Wildman–Crippen MR) is 67.4 cm³/mol. The van der Waals surface area contributed by atoms with Crippen LogP contribution in [0, 0.1) is 6.92 Å². The van der Waals surface area contributed by atoms with Crippen LogP contribution in [0.1, 0.15) is 30.0 Å². The largest absolute Gasteiger partial charge is 0.454 e. The number of nitrogens with two attached hydrogens (primary N) is 1. The van der Waals surface area contributed by atoms with Gasteiger partial charge in [-0.3, -0.25) is 0 Å². The van der Waals surface area contributed by atoms with Crippen molar-refractivity contribution < 1.29 is 9.47 Å². The normalized spacial score (nSPS) is 15.0. The Morgan fingerprint density at radius 3 is 2.76 bits per heavy atom. The van der Waals surface area contributed by atoms with Gasteiger partial charge in [-0.05, 0) is 56.6 Å². The number of rotatable bonds is 5. The number of fused-ring (bicyclic) bond motifs is 1. The number of nitrogens with one attached hydrogen (secondary N) is 1. The SMILES string of the molecule is CNCCCC(N)c1cc2c(cc1C)OCO2. The lowest BCUT2D eigenvalue weighted by atomic mass is 9.97. The maximum absolute atomic E-state index is 6.21. The summed E-state index contributed by atoms with van der Waals surface area (Å²) in [6.07, 6.45) is 2.05. The fourth-order valence-electron chi connectivity index (χ4n) is 2.11. The molecule has 0 saturated carbocycles. The molecule has 0 saturated heterocycles. The Balaban J connectivity index is 2.09. The first-order valence-electron chi connectivity index (χ1n) is 6.02. The van der Waals surface area contributed by atoms with Crippen LogP contribution in [-0.2, 0) is 0 Å². The molecule has 0 aliphatic carbocycles. The highest BCUT2D eigenvalue weighted by Gasteiger charge is 2.18. The van der Waals surface area contributed by atoms with Crippen molar-refractivity contribution in [2.45, 2.75) is 25.8 Å².